The van der Waals surface area contributed by atoms with Crippen LogP contribution in [0.25, 0.3) is 0 Å². The monoisotopic (exact) mass is 334 g/mol. The van der Waals surface area contributed by atoms with Crippen molar-refractivity contribution in [3.05, 3.63) is 39.1 Å². The van der Waals surface area contributed by atoms with Crippen LogP contribution in [0.15, 0.2) is 16.6 Å². The second kappa shape index (κ2) is 5.79. The minimum Gasteiger partial charge on any atom is -0.383 e. The Labute approximate surface area is 128 Å². The number of nitrogen functional groups attached to an aromatic ring is 1. The Hall–Kier alpha value is -1.62. The molecule has 0 amide bonds. The zero-order valence-electron chi connectivity index (χ0n) is 12.2. The largest absolute Gasteiger partial charge is 0.383 e. The molecule has 0 atom stereocenters. The Bertz CT molecular complexity index is 630. The van der Waals surface area contributed by atoms with Crippen LogP contribution in [-0.2, 0) is 6.42 Å². The predicted molar refractivity (Wildman–Crippen MR) is 87.5 cm³/mol. The first-order valence-corrected chi connectivity index (χ1v) is 7.38. The number of nitrogens with zero attached hydrogens (tertiary/aromatic N) is 2. The van der Waals surface area contributed by atoms with E-state index < -0.39 is 0 Å². The summed E-state index contributed by atoms with van der Waals surface area (Å²) in [6.07, 6.45) is 0.761. The van der Waals surface area contributed by atoms with Gasteiger partial charge in [0.15, 0.2) is 0 Å². The number of aromatic nitrogens is 2. The minimum atomic E-state index is 0.532. The van der Waals surface area contributed by atoms with Crippen LogP contribution < -0.4 is 11.1 Å². The van der Waals surface area contributed by atoms with Crippen molar-refractivity contribution in [3.63, 3.8) is 0 Å². The lowest BCUT2D eigenvalue weighted by atomic mass is 10.1. The van der Waals surface area contributed by atoms with Crippen molar-refractivity contribution in [3.8, 4) is 0 Å². The Balaban J connectivity index is 2.42. The Morgan fingerprint density at radius 2 is 1.75 bits per heavy atom. The van der Waals surface area contributed by atoms with Gasteiger partial charge in [-0.2, -0.15) is 0 Å². The summed E-state index contributed by atoms with van der Waals surface area (Å²) in [4.78, 5) is 8.78. The van der Waals surface area contributed by atoms with E-state index in [-0.39, 0.29) is 0 Å². The highest BCUT2D eigenvalue weighted by atomic mass is 79.9. The molecule has 0 aliphatic rings. The summed E-state index contributed by atoms with van der Waals surface area (Å²) in [7, 11) is 0. The highest BCUT2D eigenvalue weighted by molar-refractivity contribution is 9.10. The summed E-state index contributed by atoms with van der Waals surface area (Å²) in [5, 5.41) is 3.34. The number of hydrogen-bond donors (Lipinski definition) is 2. The summed E-state index contributed by atoms with van der Waals surface area (Å²) in [6.45, 7) is 8.08. The van der Waals surface area contributed by atoms with E-state index in [4.69, 9.17) is 5.73 Å². The molecular weight excluding hydrogens is 316 g/mol. The van der Waals surface area contributed by atoms with Crippen molar-refractivity contribution in [2.75, 3.05) is 11.1 Å². The van der Waals surface area contributed by atoms with Crippen LogP contribution in [-0.4, -0.2) is 9.97 Å². The average molecular weight is 335 g/mol. The SMILES string of the molecule is CCc1nc(N)c(C)c(Nc2cc(C)c(Br)c(C)c2)n1. The van der Waals surface area contributed by atoms with Gasteiger partial charge in [0.05, 0.1) is 0 Å². The van der Waals surface area contributed by atoms with Crippen LogP contribution in [0.3, 0.4) is 0 Å². The molecule has 1 heterocycles. The van der Waals surface area contributed by atoms with Crippen LogP contribution >= 0.6 is 15.9 Å². The number of aryl methyl sites for hydroxylation is 3. The second-order valence-electron chi connectivity index (χ2n) is 4.90. The Morgan fingerprint density at radius 3 is 2.30 bits per heavy atom. The lowest BCUT2D eigenvalue weighted by Crippen LogP contribution is -2.06. The number of rotatable bonds is 3. The maximum absolute atomic E-state index is 5.94. The summed E-state index contributed by atoms with van der Waals surface area (Å²) in [5.74, 6) is 2.06. The van der Waals surface area contributed by atoms with Crippen molar-refractivity contribution < 1.29 is 0 Å². The molecule has 0 aliphatic heterocycles. The number of anilines is 3. The fourth-order valence-corrected chi connectivity index (χ4v) is 2.25. The molecule has 4 nitrogen and oxygen atoms in total. The predicted octanol–water partition coefficient (Wildman–Crippen LogP) is 4.05. The molecule has 0 saturated carbocycles. The first kappa shape index (κ1) is 14.8. The smallest absolute Gasteiger partial charge is 0.139 e. The molecule has 20 heavy (non-hydrogen) atoms. The van der Waals surface area contributed by atoms with E-state index in [1.54, 1.807) is 0 Å². The molecular formula is C15H19BrN4. The van der Waals surface area contributed by atoms with E-state index in [2.05, 4.69) is 57.2 Å². The molecule has 0 fully saturated rings. The van der Waals surface area contributed by atoms with Gasteiger partial charge >= 0.3 is 0 Å². The van der Waals surface area contributed by atoms with E-state index in [0.717, 1.165) is 33.8 Å². The Morgan fingerprint density at radius 1 is 1.15 bits per heavy atom. The van der Waals surface area contributed by atoms with Crippen LogP contribution in [0.4, 0.5) is 17.3 Å². The molecule has 106 valence electrons. The van der Waals surface area contributed by atoms with Crippen LogP contribution in [0, 0.1) is 20.8 Å². The lowest BCUT2D eigenvalue weighted by Gasteiger charge is -2.13. The number of nitrogens with two attached hydrogens (primary N) is 1. The molecule has 0 bridgehead atoms. The van der Waals surface area contributed by atoms with Crippen molar-refractivity contribution >= 4 is 33.3 Å². The normalized spacial score (nSPS) is 10.7. The first-order chi connectivity index (χ1) is 9.42. The quantitative estimate of drug-likeness (QED) is 0.888. The van der Waals surface area contributed by atoms with Gasteiger partial charge in [0, 0.05) is 22.1 Å². The highest BCUT2D eigenvalue weighted by Crippen LogP contribution is 2.28. The topological polar surface area (TPSA) is 63.8 Å². The van der Waals surface area contributed by atoms with Crippen LogP contribution in [0.1, 0.15) is 29.4 Å². The van der Waals surface area contributed by atoms with Gasteiger partial charge in [0.1, 0.15) is 17.5 Å². The van der Waals surface area contributed by atoms with Gasteiger partial charge < -0.3 is 11.1 Å². The van der Waals surface area contributed by atoms with Gasteiger partial charge in [-0.05, 0) is 44.0 Å². The van der Waals surface area contributed by atoms with Gasteiger partial charge in [0.25, 0.3) is 0 Å². The third-order valence-corrected chi connectivity index (χ3v) is 4.50. The zero-order valence-corrected chi connectivity index (χ0v) is 13.8. The molecule has 0 spiro atoms. The van der Waals surface area contributed by atoms with Gasteiger partial charge in [-0.25, -0.2) is 9.97 Å². The second-order valence-corrected chi connectivity index (χ2v) is 5.69. The van der Waals surface area contributed by atoms with Gasteiger partial charge in [0.2, 0.25) is 0 Å². The molecule has 3 N–H and O–H groups in total. The third-order valence-electron chi connectivity index (χ3n) is 3.25. The van der Waals surface area contributed by atoms with Crippen LogP contribution in [0.2, 0.25) is 0 Å². The number of halogens is 1. The maximum Gasteiger partial charge on any atom is 0.139 e. The fraction of sp³-hybridized carbons (Fsp3) is 0.333. The highest BCUT2D eigenvalue weighted by Gasteiger charge is 2.09. The fourth-order valence-electron chi connectivity index (χ4n) is 2.02. The first-order valence-electron chi connectivity index (χ1n) is 6.59. The standard InChI is InChI=1S/C15H19BrN4/c1-5-12-19-14(17)10(4)15(20-12)18-11-6-8(2)13(16)9(3)7-11/h6-7H,5H2,1-4H3,(H3,17,18,19,20). The van der Waals surface area contributed by atoms with Crippen molar-refractivity contribution in [1.82, 2.24) is 9.97 Å². The number of nitrogens with one attached hydrogen (secondary N) is 1. The average Bonchev–Trinajstić information content (AvgIpc) is 2.40. The van der Waals surface area contributed by atoms with Crippen molar-refractivity contribution in [1.29, 1.82) is 0 Å². The lowest BCUT2D eigenvalue weighted by molar-refractivity contribution is 0.940. The molecule has 0 unspecified atom stereocenters. The molecule has 2 aromatic rings. The van der Waals surface area contributed by atoms with E-state index >= 15 is 0 Å². The summed E-state index contributed by atoms with van der Waals surface area (Å²) in [6, 6.07) is 4.17. The summed E-state index contributed by atoms with van der Waals surface area (Å²) >= 11 is 3.57. The summed E-state index contributed by atoms with van der Waals surface area (Å²) in [5.41, 5.74) is 10.2. The van der Waals surface area contributed by atoms with Crippen molar-refractivity contribution in [2.45, 2.75) is 34.1 Å². The summed E-state index contributed by atoms with van der Waals surface area (Å²) < 4.78 is 1.14. The van der Waals surface area contributed by atoms with E-state index in [9.17, 15) is 0 Å². The molecule has 1 aromatic heterocycles. The minimum absolute atomic E-state index is 0.532. The van der Waals surface area contributed by atoms with Gasteiger partial charge in [-0.3, -0.25) is 0 Å². The van der Waals surface area contributed by atoms with E-state index in [1.807, 2.05) is 13.8 Å². The molecule has 0 radical (unpaired) electrons. The molecule has 0 aliphatic carbocycles. The van der Waals surface area contributed by atoms with Gasteiger partial charge in [-0.1, -0.05) is 22.9 Å². The number of benzene rings is 1. The van der Waals surface area contributed by atoms with E-state index in [1.165, 1.54) is 11.1 Å². The third kappa shape index (κ3) is 2.93. The molecule has 5 heteroatoms. The number of hydrogen-bond acceptors (Lipinski definition) is 4. The van der Waals surface area contributed by atoms with Crippen LogP contribution in [0.5, 0.6) is 0 Å². The molecule has 1 aromatic carbocycles. The van der Waals surface area contributed by atoms with Crippen molar-refractivity contribution in [2.24, 2.45) is 0 Å². The molecule has 2 rings (SSSR count). The Kier molecular flexibility index (Phi) is 4.28. The molecule has 0 saturated heterocycles. The zero-order chi connectivity index (χ0) is 14.9. The van der Waals surface area contributed by atoms with E-state index in [0.29, 0.717) is 5.82 Å². The van der Waals surface area contributed by atoms with Gasteiger partial charge in [-0.15, -0.1) is 0 Å². The maximum atomic E-state index is 5.94.